The minimum absolute atomic E-state index is 0.623. The summed E-state index contributed by atoms with van der Waals surface area (Å²) in [5.74, 6) is 0.623. The van der Waals surface area contributed by atoms with Crippen molar-refractivity contribution in [2.75, 3.05) is 18.4 Å². The molecule has 3 heteroatoms. The van der Waals surface area contributed by atoms with Gasteiger partial charge in [-0.05, 0) is 49.6 Å². The van der Waals surface area contributed by atoms with Crippen molar-refractivity contribution in [2.24, 2.45) is 11.7 Å². The van der Waals surface area contributed by atoms with Gasteiger partial charge in [-0.3, -0.25) is 0 Å². The van der Waals surface area contributed by atoms with Gasteiger partial charge >= 0.3 is 0 Å². The summed E-state index contributed by atoms with van der Waals surface area (Å²) in [6.45, 7) is 6.08. The molecule has 1 aromatic rings. The van der Waals surface area contributed by atoms with E-state index in [4.69, 9.17) is 5.73 Å². The Morgan fingerprint density at radius 2 is 2.20 bits per heavy atom. The highest BCUT2D eigenvalue weighted by Gasteiger charge is 2.02. The summed E-state index contributed by atoms with van der Waals surface area (Å²) >= 11 is 3.46. The van der Waals surface area contributed by atoms with Crippen molar-refractivity contribution in [1.29, 1.82) is 0 Å². The summed E-state index contributed by atoms with van der Waals surface area (Å²) in [5.41, 5.74) is 7.99. The molecule has 1 aromatic carbocycles. The molecule has 0 aromatic heterocycles. The highest BCUT2D eigenvalue weighted by atomic mass is 79.9. The first-order valence-corrected chi connectivity index (χ1v) is 6.13. The van der Waals surface area contributed by atoms with E-state index in [9.17, 15) is 0 Å². The third-order valence-corrected chi connectivity index (χ3v) is 2.98. The molecule has 0 aliphatic rings. The standard InChI is InChI=1S/C12H19BrN2/c1-9(5-6-14)8-15-12-4-3-11(13)7-10(12)2/h3-4,7,9,15H,5-6,8,14H2,1-2H3. The zero-order valence-corrected chi connectivity index (χ0v) is 11.0. The number of rotatable bonds is 5. The molecule has 0 radical (unpaired) electrons. The third-order valence-electron chi connectivity index (χ3n) is 2.49. The average molecular weight is 271 g/mol. The fourth-order valence-corrected chi connectivity index (χ4v) is 1.97. The largest absolute Gasteiger partial charge is 0.385 e. The predicted octanol–water partition coefficient (Wildman–Crippen LogP) is 3.15. The Bertz CT molecular complexity index is 312. The van der Waals surface area contributed by atoms with Crippen LogP contribution in [0.15, 0.2) is 22.7 Å². The van der Waals surface area contributed by atoms with E-state index in [-0.39, 0.29) is 0 Å². The minimum atomic E-state index is 0.623. The van der Waals surface area contributed by atoms with Crippen LogP contribution in [-0.4, -0.2) is 13.1 Å². The van der Waals surface area contributed by atoms with Crippen LogP contribution in [0.4, 0.5) is 5.69 Å². The van der Waals surface area contributed by atoms with Crippen LogP contribution in [0.3, 0.4) is 0 Å². The highest BCUT2D eigenvalue weighted by Crippen LogP contribution is 2.20. The van der Waals surface area contributed by atoms with Crippen molar-refractivity contribution < 1.29 is 0 Å². The zero-order valence-electron chi connectivity index (χ0n) is 9.39. The quantitative estimate of drug-likeness (QED) is 0.863. The number of halogens is 1. The molecule has 1 unspecified atom stereocenters. The summed E-state index contributed by atoms with van der Waals surface area (Å²) < 4.78 is 1.13. The van der Waals surface area contributed by atoms with Crippen molar-refractivity contribution >= 4 is 21.6 Å². The number of anilines is 1. The summed E-state index contributed by atoms with van der Waals surface area (Å²) in [7, 11) is 0. The molecule has 0 aliphatic heterocycles. The molecular formula is C12H19BrN2. The molecule has 3 N–H and O–H groups in total. The number of nitrogens with one attached hydrogen (secondary N) is 1. The molecule has 0 bridgehead atoms. The maximum absolute atomic E-state index is 5.51. The van der Waals surface area contributed by atoms with Crippen LogP contribution in [0.1, 0.15) is 18.9 Å². The Kier molecular flexibility index (Phi) is 5.12. The summed E-state index contributed by atoms with van der Waals surface area (Å²) in [5, 5.41) is 3.45. The molecular weight excluding hydrogens is 252 g/mol. The number of nitrogens with two attached hydrogens (primary N) is 1. The molecule has 1 atom stereocenters. The van der Waals surface area contributed by atoms with Crippen LogP contribution in [0, 0.1) is 12.8 Å². The molecule has 2 nitrogen and oxygen atoms in total. The van der Waals surface area contributed by atoms with E-state index in [1.165, 1.54) is 11.3 Å². The number of hydrogen-bond donors (Lipinski definition) is 2. The van der Waals surface area contributed by atoms with E-state index in [1.807, 2.05) is 0 Å². The van der Waals surface area contributed by atoms with Crippen molar-refractivity contribution in [3.05, 3.63) is 28.2 Å². The Labute approximate surface area is 100 Å². The van der Waals surface area contributed by atoms with Gasteiger partial charge in [-0.25, -0.2) is 0 Å². The first-order valence-electron chi connectivity index (χ1n) is 5.33. The van der Waals surface area contributed by atoms with Crippen molar-refractivity contribution in [3.8, 4) is 0 Å². The molecule has 0 amide bonds. The van der Waals surface area contributed by atoms with Crippen molar-refractivity contribution in [2.45, 2.75) is 20.3 Å². The smallest absolute Gasteiger partial charge is 0.0370 e. The fraction of sp³-hybridized carbons (Fsp3) is 0.500. The van der Waals surface area contributed by atoms with E-state index in [0.717, 1.165) is 24.0 Å². The lowest BCUT2D eigenvalue weighted by molar-refractivity contribution is 0.568. The first-order chi connectivity index (χ1) is 7.13. The number of aryl methyl sites for hydroxylation is 1. The second-order valence-electron chi connectivity index (χ2n) is 4.02. The lowest BCUT2D eigenvalue weighted by atomic mass is 10.1. The van der Waals surface area contributed by atoms with E-state index in [2.05, 4.69) is 53.3 Å². The van der Waals surface area contributed by atoms with E-state index >= 15 is 0 Å². The average Bonchev–Trinajstić information content (AvgIpc) is 2.17. The Hall–Kier alpha value is -0.540. The van der Waals surface area contributed by atoms with Gasteiger partial charge in [0.1, 0.15) is 0 Å². The summed E-state index contributed by atoms with van der Waals surface area (Å²) in [6.07, 6.45) is 1.07. The van der Waals surface area contributed by atoms with E-state index in [0.29, 0.717) is 5.92 Å². The van der Waals surface area contributed by atoms with Gasteiger partial charge < -0.3 is 11.1 Å². The van der Waals surface area contributed by atoms with E-state index < -0.39 is 0 Å². The second kappa shape index (κ2) is 6.13. The molecule has 0 heterocycles. The van der Waals surface area contributed by atoms with Gasteiger partial charge in [-0.1, -0.05) is 22.9 Å². The maximum atomic E-state index is 5.51. The molecule has 84 valence electrons. The van der Waals surface area contributed by atoms with Crippen LogP contribution in [0.25, 0.3) is 0 Å². The molecule has 0 fully saturated rings. The van der Waals surface area contributed by atoms with Gasteiger partial charge in [0.25, 0.3) is 0 Å². The fourth-order valence-electron chi connectivity index (χ4n) is 1.50. The van der Waals surface area contributed by atoms with Gasteiger partial charge in [0.05, 0.1) is 0 Å². The first kappa shape index (κ1) is 12.5. The third kappa shape index (κ3) is 4.22. The molecule has 0 saturated heterocycles. The van der Waals surface area contributed by atoms with Crippen molar-refractivity contribution in [3.63, 3.8) is 0 Å². The Morgan fingerprint density at radius 3 is 2.80 bits per heavy atom. The zero-order chi connectivity index (χ0) is 11.3. The van der Waals surface area contributed by atoms with Crippen LogP contribution in [0.2, 0.25) is 0 Å². The van der Waals surface area contributed by atoms with Gasteiger partial charge in [-0.15, -0.1) is 0 Å². The van der Waals surface area contributed by atoms with Gasteiger partial charge in [0.2, 0.25) is 0 Å². The normalized spacial score (nSPS) is 12.5. The summed E-state index contributed by atoms with van der Waals surface area (Å²) in [6, 6.07) is 6.29. The van der Waals surface area contributed by atoms with Crippen molar-refractivity contribution in [1.82, 2.24) is 0 Å². The van der Waals surface area contributed by atoms with E-state index in [1.54, 1.807) is 0 Å². The maximum Gasteiger partial charge on any atom is 0.0370 e. The minimum Gasteiger partial charge on any atom is -0.385 e. The predicted molar refractivity (Wildman–Crippen MR) is 70.2 cm³/mol. The van der Waals surface area contributed by atoms with Crippen LogP contribution >= 0.6 is 15.9 Å². The lowest BCUT2D eigenvalue weighted by Gasteiger charge is -2.14. The molecule has 0 aliphatic carbocycles. The van der Waals surface area contributed by atoms with Crippen LogP contribution in [-0.2, 0) is 0 Å². The second-order valence-corrected chi connectivity index (χ2v) is 4.94. The summed E-state index contributed by atoms with van der Waals surface area (Å²) in [4.78, 5) is 0. The SMILES string of the molecule is Cc1cc(Br)ccc1NCC(C)CCN. The van der Waals surface area contributed by atoms with Gasteiger partial charge in [0, 0.05) is 16.7 Å². The molecule has 0 saturated carbocycles. The monoisotopic (exact) mass is 270 g/mol. The number of hydrogen-bond acceptors (Lipinski definition) is 2. The van der Waals surface area contributed by atoms with Crippen LogP contribution in [0.5, 0.6) is 0 Å². The van der Waals surface area contributed by atoms with Crippen LogP contribution < -0.4 is 11.1 Å². The number of benzene rings is 1. The van der Waals surface area contributed by atoms with Gasteiger partial charge in [-0.2, -0.15) is 0 Å². The lowest BCUT2D eigenvalue weighted by Crippen LogP contribution is -2.15. The topological polar surface area (TPSA) is 38.0 Å². The Balaban J connectivity index is 2.50. The Morgan fingerprint density at radius 1 is 1.47 bits per heavy atom. The highest BCUT2D eigenvalue weighted by molar-refractivity contribution is 9.10. The molecule has 1 rings (SSSR count). The molecule has 15 heavy (non-hydrogen) atoms. The molecule has 0 spiro atoms. The van der Waals surface area contributed by atoms with Gasteiger partial charge in [0.15, 0.2) is 0 Å².